The van der Waals surface area contributed by atoms with E-state index in [0.29, 0.717) is 29.5 Å². The molecule has 0 aromatic heterocycles. The summed E-state index contributed by atoms with van der Waals surface area (Å²) in [6.07, 6.45) is 12.5. The summed E-state index contributed by atoms with van der Waals surface area (Å²) < 4.78 is 0. The smallest absolute Gasteiger partial charge is 0.303 e. The lowest BCUT2D eigenvalue weighted by atomic mass is 9.46. The number of hydrogen-bond donors (Lipinski definition) is 1. The molecule has 0 radical (unpaired) electrons. The number of fused-ring (bicyclic) bond motifs is 5. The SMILES string of the molecule is C[C@H](CCC(=O)O)C1CCC2C3CCC4=CC(=O)CC[C@]4(C)C3CC[C@@]21C. The van der Waals surface area contributed by atoms with Gasteiger partial charge in [0.05, 0.1) is 0 Å². The lowest BCUT2D eigenvalue weighted by Crippen LogP contribution is -2.51. The van der Waals surface area contributed by atoms with E-state index < -0.39 is 5.97 Å². The number of ketones is 1. The summed E-state index contributed by atoms with van der Waals surface area (Å²) in [5, 5.41) is 9.08. The molecule has 3 heteroatoms. The first-order valence-electron chi connectivity index (χ1n) is 11.2. The molecule has 0 saturated heterocycles. The van der Waals surface area contributed by atoms with Crippen LogP contribution in [0.15, 0.2) is 11.6 Å². The zero-order valence-electron chi connectivity index (χ0n) is 17.3. The Kier molecular flexibility index (Phi) is 4.79. The predicted molar refractivity (Wildman–Crippen MR) is 106 cm³/mol. The van der Waals surface area contributed by atoms with Crippen LogP contribution in [0.5, 0.6) is 0 Å². The average molecular weight is 373 g/mol. The normalized spacial score (nSPS) is 44.7. The molecule has 3 fully saturated rings. The van der Waals surface area contributed by atoms with Crippen LogP contribution in [0.3, 0.4) is 0 Å². The van der Waals surface area contributed by atoms with Gasteiger partial charge in [-0.05, 0) is 97.9 Å². The molecule has 1 N–H and O–H groups in total. The second-order valence-electron chi connectivity index (χ2n) is 10.6. The van der Waals surface area contributed by atoms with Crippen molar-refractivity contribution in [3.8, 4) is 0 Å². The van der Waals surface area contributed by atoms with Gasteiger partial charge in [0, 0.05) is 12.8 Å². The van der Waals surface area contributed by atoms with Crippen LogP contribution < -0.4 is 0 Å². The van der Waals surface area contributed by atoms with Crippen LogP contribution in [0.25, 0.3) is 0 Å². The summed E-state index contributed by atoms with van der Waals surface area (Å²) in [6, 6.07) is 0. The molecule has 3 nitrogen and oxygen atoms in total. The lowest BCUT2D eigenvalue weighted by Gasteiger charge is -2.58. The summed E-state index contributed by atoms with van der Waals surface area (Å²) >= 11 is 0. The molecule has 4 aliphatic carbocycles. The average Bonchev–Trinajstić information content (AvgIpc) is 2.97. The van der Waals surface area contributed by atoms with E-state index in [4.69, 9.17) is 5.11 Å². The zero-order valence-corrected chi connectivity index (χ0v) is 17.3. The van der Waals surface area contributed by atoms with Crippen molar-refractivity contribution < 1.29 is 14.7 Å². The summed E-state index contributed by atoms with van der Waals surface area (Å²) in [6.45, 7) is 7.27. The van der Waals surface area contributed by atoms with Gasteiger partial charge in [0.15, 0.2) is 5.78 Å². The van der Waals surface area contributed by atoms with Gasteiger partial charge in [0.25, 0.3) is 0 Å². The van der Waals surface area contributed by atoms with Crippen molar-refractivity contribution in [3.63, 3.8) is 0 Å². The van der Waals surface area contributed by atoms with Crippen LogP contribution in [-0.4, -0.2) is 16.9 Å². The topological polar surface area (TPSA) is 54.4 Å². The number of carboxylic acids is 1. The number of carboxylic acid groups (broad SMARTS) is 1. The molecule has 4 unspecified atom stereocenters. The van der Waals surface area contributed by atoms with Crippen LogP contribution in [0.1, 0.15) is 85.0 Å². The Morgan fingerprint density at radius 3 is 2.67 bits per heavy atom. The van der Waals surface area contributed by atoms with Gasteiger partial charge in [-0.25, -0.2) is 0 Å². The van der Waals surface area contributed by atoms with Crippen LogP contribution >= 0.6 is 0 Å². The molecule has 0 amide bonds. The second-order valence-corrected chi connectivity index (χ2v) is 10.6. The van der Waals surface area contributed by atoms with E-state index in [0.717, 1.165) is 43.4 Å². The van der Waals surface area contributed by atoms with Gasteiger partial charge in [-0.3, -0.25) is 9.59 Å². The van der Waals surface area contributed by atoms with Crippen molar-refractivity contribution in [2.24, 2.45) is 40.4 Å². The number of aliphatic carboxylic acids is 1. The van der Waals surface area contributed by atoms with E-state index in [9.17, 15) is 9.59 Å². The fraction of sp³-hybridized carbons (Fsp3) is 0.833. The summed E-state index contributed by atoms with van der Waals surface area (Å²) in [7, 11) is 0. The highest BCUT2D eigenvalue weighted by atomic mass is 16.4. The maximum Gasteiger partial charge on any atom is 0.303 e. The Balaban J connectivity index is 1.55. The Labute approximate surface area is 164 Å². The molecule has 0 aliphatic heterocycles. The molecule has 0 aromatic rings. The number of rotatable bonds is 4. The summed E-state index contributed by atoms with van der Waals surface area (Å²) in [5.41, 5.74) is 2.10. The molecule has 0 heterocycles. The maximum atomic E-state index is 12.0. The third-order valence-electron chi connectivity index (χ3n) is 9.54. The third-order valence-corrected chi connectivity index (χ3v) is 9.54. The van der Waals surface area contributed by atoms with Crippen molar-refractivity contribution >= 4 is 11.8 Å². The van der Waals surface area contributed by atoms with E-state index in [1.54, 1.807) is 0 Å². The van der Waals surface area contributed by atoms with Crippen molar-refractivity contribution in [1.29, 1.82) is 0 Å². The molecule has 3 saturated carbocycles. The largest absolute Gasteiger partial charge is 0.481 e. The minimum Gasteiger partial charge on any atom is -0.481 e. The van der Waals surface area contributed by atoms with Gasteiger partial charge in [-0.1, -0.05) is 26.3 Å². The molecule has 4 aliphatic rings. The van der Waals surface area contributed by atoms with Crippen LogP contribution in [-0.2, 0) is 9.59 Å². The fourth-order valence-corrected chi connectivity index (χ4v) is 8.09. The molecular formula is C24H36O3. The molecule has 0 bridgehead atoms. The number of allylic oxidation sites excluding steroid dienone is 1. The van der Waals surface area contributed by atoms with E-state index in [2.05, 4.69) is 20.8 Å². The first-order chi connectivity index (χ1) is 12.8. The number of carbonyl (C=O) groups excluding carboxylic acids is 1. The summed E-state index contributed by atoms with van der Waals surface area (Å²) in [4.78, 5) is 23.0. The highest BCUT2D eigenvalue weighted by Gasteiger charge is 2.59. The highest BCUT2D eigenvalue weighted by Crippen LogP contribution is 2.67. The van der Waals surface area contributed by atoms with E-state index >= 15 is 0 Å². The van der Waals surface area contributed by atoms with Crippen molar-refractivity contribution in [1.82, 2.24) is 0 Å². The minimum atomic E-state index is -0.656. The first-order valence-corrected chi connectivity index (χ1v) is 11.2. The van der Waals surface area contributed by atoms with Gasteiger partial charge >= 0.3 is 5.97 Å². The van der Waals surface area contributed by atoms with Gasteiger partial charge in [-0.2, -0.15) is 0 Å². The third kappa shape index (κ3) is 3.00. The Bertz CT molecular complexity index is 665. The first kappa shape index (κ1) is 19.2. The molecule has 4 rings (SSSR count). The highest BCUT2D eigenvalue weighted by molar-refractivity contribution is 5.91. The van der Waals surface area contributed by atoms with Crippen molar-refractivity contribution in [2.45, 2.75) is 85.0 Å². The fourth-order valence-electron chi connectivity index (χ4n) is 8.09. The van der Waals surface area contributed by atoms with Gasteiger partial charge in [0.2, 0.25) is 0 Å². The molecule has 0 spiro atoms. The lowest BCUT2D eigenvalue weighted by molar-refractivity contribution is -0.137. The van der Waals surface area contributed by atoms with Gasteiger partial charge in [0.1, 0.15) is 0 Å². The Hall–Kier alpha value is -1.12. The minimum absolute atomic E-state index is 0.255. The maximum absolute atomic E-state index is 12.0. The predicted octanol–water partition coefficient (Wildman–Crippen LogP) is 5.64. The van der Waals surface area contributed by atoms with E-state index in [1.165, 1.54) is 37.7 Å². The monoisotopic (exact) mass is 372 g/mol. The molecule has 150 valence electrons. The van der Waals surface area contributed by atoms with Crippen molar-refractivity contribution in [2.75, 3.05) is 0 Å². The number of hydrogen-bond acceptors (Lipinski definition) is 2. The Morgan fingerprint density at radius 2 is 1.93 bits per heavy atom. The quantitative estimate of drug-likeness (QED) is 0.695. The van der Waals surface area contributed by atoms with Gasteiger partial charge in [-0.15, -0.1) is 0 Å². The zero-order chi connectivity index (χ0) is 19.4. The molecular weight excluding hydrogens is 336 g/mol. The molecule has 0 aromatic carbocycles. The summed E-state index contributed by atoms with van der Waals surface area (Å²) in [5.74, 6) is 3.22. The van der Waals surface area contributed by atoms with Gasteiger partial charge < -0.3 is 5.11 Å². The van der Waals surface area contributed by atoms with Crippen LogP contribution in [0, 0.1) is 40.4 Å². The second kappa shape index (κ2) is 6.74. The number of carbonyl (C=O) groups is 2. The van der Waals surface area contributed by atoms with Crippen LogP contribution in [0.2, 0.25) is 0 Å². The molecule has 27 heavy (non-hydrogen) atoms. The van der Waals surface area contributed by atoms with Crippen LogP contribution in [0.4, 0.5) is 0 Å². The van der Waals surface area contributed by atoms with E-state index in [1.807, 2.05) is 6.08 Å². The standard InChI is InChI=1S/C24H36O3/c1-15(4-9-22(26)27)19-7-8-20-18-6-5-16-14-17(25)10-12-23(16,2)21(18)11-13-24(19,20)3/h14-15,18-21H,4-13H2,1-3H3,(H,26,27)/t15-,18?,19?,20?,21?,23+,24-/m1/s1. The Morgan fingerprint density at radius 1 is 1.15 bits per heavy atom. The van der Waals surface area contributed by atoms with E-state index in [-0.39, 0.29) is 5.41 Å². The van der Waals surface area contributed by atoms with Crippen molar-refractivity contribution in [3.05, 3.63) is 11.6 Å². The molecule has 7 atom stereocenters.